The van der Waals surface area contributed by atoms with Gasteiger partial charge in [-0.25, -0.2) is 4.98 Å². The van der Waals surface area contributed by atoms with Crippen LogP contribution >= 0.6 is 24.0 Å². The Labute approximate surface area is 186 Å². The summed E-state index contributed by atoms with van der Waals surface area (Å²) in [5, 5.41) is 6.36. The van der Waals surface area contributed by atoms with Gasteiger partial charge < -0.3 is 20.1 Å². The van der Waals surface area contributed by atoms with Crippen molar-refractivity contribution in [1.82, 2.24) is 20.5 Å². The molecule has 2 heterocycles. The van der Waals surface area contributed by atoms with Gasteiger partial charge in [-0.15, -0.1) is 24.0 Å². The standard InChI is InChI=1S/C18H28F3N5O2.HI/c1-17(2,26-7-9-27-10-8-26)12-25-16(22-3)24-11-14-5-4-6-23-15(14)28-13-18(19,20)21;/h4-6H,7-13H2,1-3H3,(H2,22,24,25);1H. The van der Waals surface area contributed by atoms with Gasteiger partial charge in [0.25, 0.3) is 0 Å². The minimum atomic E-state index is -4.41. The second-order valence-corrected chi connectivity index (χ2v) is 7.06. The molecule has 1 saturated heterocycles. The Morgan fingerprint density at radius 1 is 1.28 bits per heavy atom. The minimum Gasteiger partial charge on any atom is -0.468 e. The number of halogens is 4. The zero-order valence-electron chi connectivity index (χ0n) is 16.9. The van der Waals surface area contributed by atoms with E-state index in [1.807, 2.05) is 0 Å². The van der Waals surface area contributed by atoms with Gasteiger partial charge in [-0.3, -0.25) is 9.89 Å². The van der Waals surface area contributed by atoms with Crippen LogP contribution < -0.4 is 15.4 Å². The molecule has 2 rings (SSSR count). The molecule has 0 aliphatic carbocycles. The molecular weight excluding hydrogens is 502 g/mol. The van der Waals surface area contributed by atoms with E-state index < -0.39 is 12.8 Å². The van der Waals surface area contributed by atoms with E-state index in [-0.39, 0.29) is 41.9 Å². The molecule has 1 aromatic heterocycles. The molecule has 7 nitrogen and oxygen atoms in total. The lowest BCUT2D eigenvalue weighted by atomic mass is 10.0. The predicted molar refractivity (Wildman–Crippen MR) is 116 cm³/mol. The van der Waals surface area contributed by atoms with Gasteiger partial charge in [-0.1, -0.05) is 6.07 Å². The number of aromatic nitrogens is 1. The van der Waals surface area contributed by atoms with Crippen LogP contribution in [-0.2, 0) is 11.3 Å². The van der Waals surface area contributed by atoms with Gasteiger partial charge in [0.05, 0.1) is 13.2 Å². The van der Waals surface area contributed by atoms with Gasteiger partial charge in [-0.05, 0) is 19.9 Å². The zero-order chi connectivity index (χ0) is 20.6. The first-order valence-corrected chi connectivity index (χ1v) is 9.12. The highest BCUT2D eigenvalue weighted by Crippen LogP contribution is 2.20. The minimum absolute atomic E-state index is 0. The Balaban J connectivity index is 0.00000420. The fourth-order valence-electron chi connectivity index (χ4n) is 2.82. The molecule has 0 atom stereocenters. The topological polar surface area (TPSA) is 71.0 Å². The number of morpholine rings is 1. The number of nitrogens with one attached hydrogen (secondary N) is 2. The first kappa shape index (κ1) is 25.7. The second-order valence-electron chi connectivity index (χ2n) is 7.06. The largest absolute Gasteiger partial charge is 0.468 e. The normalized spacial score (nSPS) is 16.1. The molecule has 11 heteroatoms. The van der Waals surface area contributed by atoms with Crippen molar-refractivity contribution < 1.29 is 22.6 Å². The van der Waals surface area contributed by atoms with Crippen LogP contribution in [0.15, 0.2) is 23.3 Å². The Morgan fingerprint density at radius 3 is 2.59 bits per heavy atom. The van der Waals surface area contributed by atoms with E-state index in [0.717, 1.165) is 26.3 Å². The zero-order valence-corrected chi connectivity index (χ0v) is 19.2. The third-order valence-electron chi connectivity index (χ3n) is 4.45. The average Bonchev–Trinajstić information content (AvgIpc) is 2.67. The molecule has 0 aromatic carbocycles. The number of pyridine rings is 1. The van der Waals surface area contributed by atoms with Gasteiger partial charge in [0.15, 0.2) is 12.6 Å². The third-order valence-corrected chi connectivity index (χ3v) is 4.45. The molecule has 0 spiro atoms. The lowest BCUT2D eigenvalue weighted by Crippen LogP contribution is -2.56. The molecule has 0 bridgehead atoms. The summed E-state index contributed by atoms with van der Waals surface area (Å²) < 4.78 is 47.4. The van der Waals surface area contributed by atoms with Crippen molar-refractivity contribution in [3.63, 3.8) is 0 Å². The van der Waals surface area contributed by atoms with Crippen molar-refractivity contribution >= 4 is 29.9 Å². The summed E-state index contributed by atoms with van der Waals surface area (Å²) in [6.45, 7) is 6.97. The van der Waals surface area contributed by atoms with Crippen LogP contribution in [0.4, 0.5) is 13.2 Å². The highest BCUT2D eigenvalue weighted by molar-refractivity contribution is 14.0. The van der Waals surface area contributed by atoms with Crippen LogP contribution in [-0.4, -0.2) is 74.1 Å². The molecule has 0 saturated carbocycles. The van der Waals surface area contributed by atoms with Crippen molar-refractivity contribution in [2.45, 2.75) is 32.1 Å². The lowest BCUT2D eigenvalue weighted by Gasteiger charge is -2.41. The van der Waals surface area contributed by atoms with E-state index in [0.29, 0.717) is 18.1 Å². The summed E-state index contributed by atoms with van der Waals surface area (Å²) in [4.78, 5) is 10.4. The van der Waals surface area contributed by atoms with Crippen molar-refractivity contribution in [2.75, 3.05) is 46.5 Å². The molecule has 1 aromatic rings. The van der Waals surface area contributed by atoms with Gasteiger partial charge in [0.2, 0.25) is 5.88 Å². The molecule has 0 unspecified atom stereocenters. The van der Waals surface area contributed by atoms with Gasteiger partial charge in [-0.2, -0.15) is 13.2 Å². The average molecular weight is 531 g/mol. The van der Waals surface area contributed by atoms with Crippen LogP contribution in [0.25, 0.3) is 0 Å². The maximum atomic E-state index is 12.4. The summed E-state index contributed by atoms with van der Waals surface area (Å²) in [5.41, 5.74) is 0.415. The fraction of sp³-hybridized carbons (Fsp3) is 0.667. The van der Waals surface area contributed by atoms with E-state index in [1.165, 1.54) is 6.20 Å². The smallest absolute Gasteiger partial charge is 0.422 e. The molecule has 29 heavy (non-hydrogen) atoms. The van der Waals surface area contributed by atoms with Crippen LogP contribution in [0.1, 0.15) is 19.4 Å². The third kappa shape index (κ3) is 8.91. The highest BCUT2D eigenvalue weighted by atomic mass is 127. The van der Waals surface area contributed by atoms with E-state index in [2.05, 4.69) is 39.4 Å². The Kier molecular flexibility index (Phi) is 10.4. The van der Waals surface area contributed by atoms with Crippen molar-refractivity contribution in [3.8, 4) is 5.88 Å². The van der Waals surface area contributed by atoms with Crippen LogP contribution in [0.5, 0.6) is 5.88 Å². The van der Waals surface area contributed by atoms with E-state index >= 15 is 0 Å². The number of aliphatic imine (C=N–C) groups is 1. The Morgan fingerprint density at radius 2 is 1.97 bits per heavy atom. The number of rotatable bonds is 7. The molecule has 0 radical (unpaired) electrons. The molecule has 1 aliphatic rings. The number of hydrogen-bond acceptors (Lipinski definition) is 5. The second kappa shape index (κ2) is 11.7. The maximum absolute atomic E-state index is 12.4. The van der Waals surface area contributed by atoms with Crippen LogP contribution in [0.2, 0.25) is 0 Å². The summed E-state index contributed by atoms with van der Waals surface area (Å²) in [5.74, 6) is 0.503. The lowest BCUT2D eigenvalue weighted by molar-refractivity contribution is -0.154. The molecule has 0 amide bonds. The van der Waals surface area contributed by atoms with Crippen molar-refractivity contribution in [1.29, 1.82) is 0 Å². The molecule has 1 aliphatic heterocycles. The van der Waals surface area contributed by atoms with Gasteiger partial charge >= 0.3 is 6.18 Å². The first-order valence-electron chi connectivity index (χ1n) is 9.12. The van der Waals surface area contributed by atoms with Gasteiger partial charge in [0.1, 0.15) is 0 Å². The van der Waals surface area contributed by atoms with Crippen molar-refractivity contribution in [2.24, 2.45) is 4.99 Å². The number of nitrogens with zero attached hydrogens (tertiary/aromatic N) is 3. The number of hydrogen-bond donors (Lipinski definition) is 2. The molecule has 2 N–H and O–H groups in total. The van der Waals surface area contributed by atoms with E-state index in [4.69, 9.17) is 9.47 Å². The summed E-state index contributed by atoms with van der Waals surface area (Å²) in [6.07, 6.45) is -3.02. The Bertz CT molecular complexity index is 653. The number of alkyl halides is 3. The fourth-order valence-corrected chi connectivity index (χ4v) is 2.82. The quantitative estimate of drug-likeness (QED) is 0.320. The van der Waals surface area contributed by atoms with Crippen LogP contribution in [0, 0.1) is 0 Å². The number of ether oxygens (including phenoxy) is 2. The van der Waals surface area contributed by atoms with E-state index in [1.54, 1.807) is 19.2 Å². The first-order chi connectivity index (χ1) is 13.2. The number of guanidine groups is 1. The van der Waals surface area contributed by atoms with Gasteiger partial charge in [0, 0.05) is 50.5 Å². The van der Waals surface area contributed by atoms with E-state index in [9.17, 15) is 13.2 Å². The predicted octanol–water partition coefficient (Wildman–Crippen LogP) is 2.42. The summed E-state index contributed by atoms with van der Waals surface area (Å²) in [7, 11) is 1.64. The monoisotopic (exact) mass is 531 g/mol. The maximum Gasteiger partial charge on any atom is 0.422 e. The molecular formula is C18H29F3IN5O2. The SMILES string of the molecule is CN=C(NCc1cccnc1OCC(F)(F)F)NCC(C)(C)N1CCOCC1.I. The molecule has 1 fully saturated rings. The van der Waals surface area contributed by atoms with Crippen LogP contribution in [0.3, 0.4) is 0 Å². The summed E-state index contributed by atoms with van der Waals surface area (Å²) in [6, 6.07) is 3.31. The molecule has 166 valence electrons. The Hall–Kier alpha value is -1.34. The van der Waals surface area contributed by atoms with Crippen molar-refractivity contribution in [3.05, 3.63) is 23.9 Å². The highest BCUT2D eigenvalue weighted by Gasteiger charge is 2.29. The summed E-state index contributed by atoms with van der Waals surface area (Å²) >= 11 is 0.